The van der Waals surface area contributed by atoms with Gasteiger partial charge in [-0.25, -0.2) is 9.97 Å². The molecule has 9 heteroatoms. The predicted octanol–water partition coefficient (Wildman–Crippen LogP) is 1.88. The number of morpholine rings is 1. The summed E-state index contributed by atoms with van der Waals surface area (Å²) in [6, 6.07) is 12.7. The Morgan fingerprint density at radius 3 is 2.47 bits per heavy atom. The molecule has 34 heavy (non-hydrogen) atoms. The van der Waals surface area contributed by atoms with E-state index < -0.39 is 6.04 Å². The van der Waals surface area contributed by atoms with Gasteiger partial charge in [0.2, 0.25) is 0 Å². The van der Waals surface area contributed by atoms with Crippen LogP contribution in [0.5, 0.6) is 0 Å². The third kappa shape index (κ3) is 4.16. The van der Waals surface area contributed by atoms with E-state index in [1.165, 1.54) is 10.9 Å². The molecule has 1 aromatic carbocycles. The minimum absolute atomic E-state index is 0.350. The molecule has 1 aliphatic heterocycles. The fourth-order valence-electron chi connectivity index (χ4n) is 4.15. The summed E-state index contributed by atoms with van der Waals surface area (Å²) in [7, 11) is 0. The molecular formula is C25H25N5O4. The van der Waals surface area contributed by atoms with E-state index in [0.29, 0.717) is 35.5 Å². The van der Waals surface area contributed by atoms with Crippen molar-refractivity contribution in [3.05, 3.63) is 71.5 Å². The van der Waals surface area contributed by atoms with Crippen LogP contribution in [0.3, 0.4) is 0 Å². The Kier molecular flexibility index (Phi) is 6.31. The van der Waals surface area contributed by atoms with Crippen molar-refractivity contribution in [1.29, 1.82) is 0 Å². The normalized spacial score (nSPS) is 14.1. The molecular weight excluding hydrogens is 434 g/mol. The number of benzene rings is 1. The monoisotopic (exact) mass is 459 g/mol. The Hall–Kier alpha value is -3.66. The fraction of sp³-hybridized carbons (Fsp3) is 0.280. The van der Waals surface area contributed by atoms with Crippen LogP contribution >= 0.6 is 0 Å². The summed E-state index contributed by atoms with van der Waals surface area (Å²) >= 11 is 0. The van der Waals surface area contributed by atoms with Crippen LogP contribution in [-0.2, 0) is 4.74 Å². The highest BCUT2D eigenvalue weighted by Crippen LogP contribution is 2.29. The van der Waals surface area contributed by atoms with Gasteiger partial charge in [-0.15, -0.1) is 0 Å². The summed E-state index contributed by atoms with van der Waals surface area (Å²) in [5.74, 6) is 0. The average molecular weight is 460 g/mol. The Bertz CT molecular complexity index is 1330. The van der Waals surface area contributed by atoms with E-state index in [1.807, 2.05) is 30.3 Å². The average Bonchev–Trinajstić information content (AvgIpc) is 2.91. The fourth-order valence-corrected chi connectivity index (χ4v) is 4.15. The smallest absolute Gasteiger partial charge is 0.261 e. The Morgan fingerprint density at radius 2 is 1.79 bits per heavy atom. The molecule has 0 aliphatic carbocycles. The topological polar surface area (TPSA) is 114 Å². The van der Waals surface area contributed by atoms with E-state index in [9.17, 15) is 15.0 Å². The third-order valence-corrected chi connectivity index (χ3v) is 6.06. The first-order valence-corrected chi connectivity index (χ1v) is 11.2. The number of ether oxygens (including phenoxy) is 1. The van der Waals surface area contributed by atoms with E-state index in [2.05, 4.69) is 14.9 Å². The molecule has 9 nitrogen and oxygen atoms in total. The molecule has 0 bridgehead atoms. The summed E-state index contributed by atoms with van der Waals surface area (Å²) in [5, 5.41) is 19.5. The van der Waals surface area contributed by atoms with Crippen LogP contribution in [0.4, 0.5) is 5.69 Å². The largest absolute Gasteiger partial charge is 0.394 e. The number of aliphatic hydroxyl groups is 2. The van der Waals surface area contributed by atoms with Crippen molar-refractivity contribution in [1.82, 2.24) is 19.5 Å². The molecule has 0 radical (unpaired) electrons. The number of aromatic nitrogens is 4. The number of fused-ring (bicyclic) bond motifs is 1. The number of aliphatic hydroxyl groups excluding tert-OH is 2. The van der Waals surface area contributed by atoms with Gasteiger partial charge in [-0.05, 0) is 30.3 Å². The summed E-state index contributed by atoms with van der Waals surface area (Å²) in [4.78, 5) is 29.2. The molecule has 0 spiro atoms. The SMILES string of the molecule is O=c1c2cc(-c3ccc(N4CCOCC4)cc3)nc(-c3cccnc3)c2ncn1C(CO)CO. The van der Waals surface area contributed by atoms with Crippen LogP contribution in [0.2, 0.25) is 0 Å². The highest BCUT2D eigenvalue weighted by Gasteiger charge is 2.18. The number of hydrogen-bond acceptors (Lipinski definition) is 8. The molecule has 3 aromatic heterocycles. The van der Waals surface area contributed by atoms with Gasteiger partial charge in [0.1, 0.15) is 5.52 Å². The quantitative estimate of drug-likeness (QED) is 0.449. The first-order valence-electron chi connectivity index (χ1n) is 11.2. The van der Waals surface area contributed by atoms with Crippen molar-refractivity contribution >= 4 is 16.6 Å². The second-order valence-corrected chi connectivity index (χ2v) is 8.12. The molecule has 1 saturated heterocycles. The highest BCUT2D eigenvalue weighted by atomic mass is 16.5. The molecule has 2 N–H and O–H groups in total. The lowest BCUT2D eigenvalue weighted by molar-refractivity contribution is 0.122. The molecule has 1 fully saturated rings. The minimum atomic E-state index is -0.768. The molecule has 1 aliphatic rings. The molecule has 4 heterocycles. The standard InChI is InChI=1S/C25H25N5O4/c31-14-20(15-32)30-16-27-24-21(25(30)33)12-22(28-23(24)18-2-1-7-26-13-18)17-3-5-19(6-4-17)29-8-10-34-11-9-29/h1-7,12-13,16,20,31-32H,8-11,14-15H2. The van der Waals surface area contributed by atoms with Crippen LogP contribution in [0.1, 0.15) is 6.04 Å². The van der Waals surface area contributed by atoms with Gasteiger partial charge < -0.3 is 19.8 Å². The number of nitrogens with zero attached hydrogens (tertiary/aromatic N) is 5. The maximum Gasteiger partial charge on any atom is 0.261 e. The van der Waals surface area contributed by atoms with Crippen molar-refractivity contribution in [3.63, 3.8) is 0 Å². The summed E-state index contributed by atoms with van der Waals surface area (Å²) in [6.07, 6.45) is 4.71. The van der Waals surface area contributed by atoms with Gasteiger partial charge in [0.05, 0.1) is 55.6 Å². The van der Waals surface area contributed by atoms with Gasteiger partial charge in [0, 0.05) is 42.3 Å². The van der Waals surface area contributed by atoms with Crippen molar-refractivity contribution in [2.24, 2.45) is 0 Å². The van der Waals surface area contributed by atoms with E-state index in [-0.39, 0.29) is 18.8 Å². The second-order valence-electron chi connectivity index (χ2n) is 8.12. The molecule has 0 unspecified atom stereocenters. The third-order valence-electron chi connectivity index (χ3n) is 6.06. The maximum absolute atomic E-state index is 13.4. The summed E-state index contributed by atoms with van der Waals surface area (Å²) < 4.78 is 6.70. The van der Waals surface area contributed by atoms with Crippen LogP contribution in [0.25, 0.3) is 33.4 Å². The van der Waals surface area contributed by atoms with E-state index in [1.54, 1.807) is 24.5 Å². The van der Waals surface area contributed by atoms with Crippen molar-refractivity contribution in [2.45, 2.75) is 6.04 Å². The molecule has 5 rings (SSSR count). The van der Waals surface area contributed by atoms with E-state index >= 15 is 0 Å². The maximum atomic E-state index is 13.4. The zero-order chi connectivity index (χ0) is 23.5. The molecule has 0 saturated carbocycles. The predicted molar refractivity (Wildman–Crippen MR) is 129 cm³/mol. The zero-order valence-corrected chi connectivity index (χ0v) is 18.5. The number of anilines is 1. The first-order chi connectivity index (χ1) is 16.7. The zero-order valence-electron chi connectivity index (χ0n) is 18.5. The lowest BCUT2D eigenvalue weighted by Gasteiger charge is -2.28. The second kappa shape index (κ2) is 9.68. The van der Waals surface area contributed by atoms with Crippen molar-refractivity contribution in [2.75, 3.05) is 44.4 Å². The minimum Gasteiger partial charge on any atom is -0.394 e. The molecule has 0 amide bonds. The lowest BCUT2D eigenvalue weighted by atomic mass is 10.0. The van der Waals surface area contributed by atoms with Gasteiger partial charge in [-0.2, -0.15) is 0 Å². The van der Waals surface area contributed by atoms with Gasteiger partial charge >= 0.3 is 0 Å². The van der Waals surface area contributed by atoms with Crippen LogP contribution in [-0.4, -0.2) is 69.2 Å². The van der Waals surface area contributed by atoms with Crippen molar-refractivity contribution < 1.29 is 14.9 Å². The number of hydrogen-bond donors (Lipinski definition) is 2. The van der Waals surface area contributed by atoms with Gasteiger partial charge in [-0.1, -0.05) is 12.1 Å². The van der Waals surface area contributed by atoms with Gasteiger partial charge in [-0.3, -0.25) is 14.3 Å². The molecule has 0 atom stereocenters. The number of rotatable bonds is 6. The summed E-state index contributed by atoms with van der Waals surface area (Å²) in [5.41, 5.74) is 3.98. The highest BCUT2D eigenvalue weighted by molar-refractivity contribution is 5.93. The Balaban J connectivity index is 1.65. The van der Waals surface area contributed by atoms with Crippen LogP contribution in [0, 0.1) is 0 Å². The Morgan fingerprint density at radius 1 is 1.03 bits per heavy atom. The first kappa shape index (κ1) is 22.1. The van der Waals surface area contributed by atoms with Crippen LogP contribution in [0.15, 0.2) is 66.0 Å². The molecule has 4 aromatic rings. The van der Waals surface area contributed by atoms with Crippen molar-refractivity contribution in [3.8, 4) is 22.5 Å². The number of pyridine rings is 2. The van der Waals surface area contributed by atoms with E-state index in [4.69, 9.17) is 9.72 Å². The summed E-state index contributed by atoms with van der Waals surface area (Å²) in [6.45, 7) is 2.37. The van der Waals surface area contributed by atoms with Crippen LogP contribution < -0.4 is 10.5 Å². The van der Waals surface area contributed by atoms with Gasteiger partial charge in [0.15, 0.2) is 0 Å². The van der Waals surface area contributed by atoms with Gasteiger partial charge in [0.25, 0.3) is 5.56 Å². The lowest BCUT2D eigenvalue weighted by Crippen LogP contribution is -2.36. The molecule has 174 valence electrons. The Labute approximate surface area is 195 Å². The van der Waals surface area contributed by atoms with E-state index in [0.717, 1.165) is 29.9 Å².